The second kappa shape index (κ2) is 9.02. The van der Waals surface area contributed by atoms with Gasteiger partial charge in [0, 0.05) is 42.4 Å². The fourth-order valence-corrected chi connectivity index (χ4v) is 5.50. The van der Waals surface area contributed by atoms with E-state index >= 15 is 0 Å². The molecule has 33 heavy (non-hydrogen) atoms. The molecule has 0 spiro atoms. The van der Waals surface area contributed by atoms with Gasteiger partial charge in [0.15, 0.2) is 0 Å². The molecule has 3 heterocycles. The molecule has 172 valence electrons. The number of primary amides is 1. The van der Waals surface area contributed by atoms with E-state index in [-0.39, 0.29) is 11.5 Å². The minimum Gasteiger partial charge on any atom is -0.366 e. The monoisotopic (exact) mass is 451 g/mol. The number of nitrogens with zero attached hydrogens (tertiary/aromatic N) is 4. The van der Waals surface area contributed by atoms with Crippen LogP contribution in [-0.2, 0) is 6.54 Å². The molecule has 3 aromatic rings. The van der Waals surface area contributed by atoms with Crippen molar-refractivity contribution in [3.63, 3.8) is 0 Å². The number of benzene rings is 2. The summed E-state index contributed by atoms with van der Waals surface area (Å²) in [6.07, 6.45) is 7.22. The highest BCUT2D eigenvalue weighted by Gasteiger charge is 2.40. The van der Waals surface area contributed by atoms with Crippen LogP contribution in [-0.4, -0.2) is 44.4 Å². The molecule has 0 radical (unpaired) electrons. The summed E-state index contributed by atoms with van der Waals surface area (Å²) in [6, 6.07) is 12.3. The number of rotatable bonds is 7. The zero-order valence-corrected chi connectivity index (χ0v) is 18.3. The lowest BCUT2D eigenvalue weighted by Crippen LogP contribution is -2.43. The average molecular weight is 452 g/mol. The van der Waals surface area contributed by atoms with Crippen LogP contribution < -0.4 is 5.73 Å². The molecule has 2 N–H and O–H groups in total. The van der Waals surface area contributed by atoms with E-state index in [1.807, 2.05) is 12.1 Å². The summed E-state index contributed by atoms with van der Waals surface area (Å²) < 4.78 is 28.9. The van der Waals surface area contributed by atoms with Crippen LogP contribution in [0.15, 0.2) is 48.7 Å². The first-order chi connectivity index (χ1) is 16.0. The second-order valence-corrected chi connectivity index (χ2v) is 9.13. The third-order valence-corrected chi connectivity index (χ3v) is 7.08. The lowest BCUT2D eigenvalue weighted by Gasteiger charge is -2.39. The van der Waals surface area contributed by atoms with E-state index in [2.05, 4.69) is 21.3 Å². The molecule has 1 aromatic heterocycles. The summed E-state index contributed by atoms with van der Waals surface area (Å²) in [5, 5.41) is 8.17. The maximum Gasteiger partial charge on any atom is 0.248 e. The van der Waals surface area contributed by atoms with Crippen molar-refractivity contribution in [2.45, 2.75) is 56.7 Å². The molecule has 2 aliphatic rings. The third-order valence-electron chi connectivity index (χ3n) is 7.08. The predicted octanol–water partition coefficient (Wildman–Crippen LogP) is 4.12. The molecule has 2 saturated heterocycles. The maximum atomic E-state index is 14.0. The molecule has 2 bridgehead atoms. The van der Waals surface area contributed by atoms with Gasteiger partial charge in [0.25, 0.3) is 0 Å². The van der Waals surface area contributed by atoms with Gasteiger partial charge in [-0.2, -0.15) is 0 Å². The van der Waals surface area contributed by atoms with Crippen molar-refractivity contribution < 1.29 is 13.6 Å². The number of carbonyl (C=O) groups is 1. The Hall–Kier alpha value is -3.13. The van der Waals surface area contributed by atoms with E-state index < -0.39 is 11.6 Å². The molecule has 2 atom stereocenters. The third kappa shape index (κ3) is 4.53. The quantitative estimate of drug-likeness (QED) is 0.586. The summed E-state index contributed by atoms with van der Waals surface area (Å²) in [4.78, 5) is 14.2. The van der Waals surface area contributed by atoms with E-state index in [0.29, 0.717) is 35.8 Å². The van der Waals surface area contributed by atoms with Crippen LogP contribution in [0.3, 0.4) is 0 Å². The Labute approximate surface area is 191 Å². The van der Waals surface area contributed by atoms with Gasteiger partial charge >= 0.3 is 0 Å². The summed E-state index contributed by atoms with van der Waals surface area (Å²) in [6.45, 7) is 1.67. The first-order valence-corrected chi connectivity index (χ1v) is 11.5. The molecule has 6 nitrogen and oxygen atoms in total. The number of hydrogen-bond donors (Lipinski definition) is 1. The highest BCUT2D eigenvalue weighted by Crippen LogP contribution is 2.43. The van der Waals surface area contributed by atoms with Gasteiger partial charge in [-0.25, -0.2) is 8.78 Å². The summed E-state index contributed by atoms with van der Waals surface area (Å²) >= 11 is 0. The van der Waals surface area contributed by atoms with E-state index in [4.69, 9.17) is 5.73 Å². The number of carbonyl (C=O) groups excluding carboxylic acids is 1. The summed E-state index contributed by atoms with van der Waals surface area (Å²) in [5.74, 6) is -1.16. The number of fused-ring (bicyclic) bond motifs is 2. The smallest absolute Gasteiger partial charge is 0.248 e. The Morgan fingerprint density at radius 1 is 1.06 bits per heavy atom. The maximum absolute atomic E-state index is 14.0. The zero-order valence-electron chi connectivity index (χ0n) is 18.3. The molecule has 2 aliphatic heterocycles. The van der Waals surface area contributed by atoms with Gasteiger partial charge in [-0.1, -0.05) is 17.3 Å². The number of hydrogen-bond acceptors (Lipinski definition) is 4. The molecule has 1 amide bonds. The molecule has 2 fully saturated rings. The van der Waals surface area contributed by atoms with Gasteiger partial charge in [0.05, 0.1) is 6.20 Å². The van der Waals surface area contributed by atoms with Crippen molar-refractivity contribution >= 4 is 5.91 Å². The van der Waals surface area contributed by atoms with E-state index in [1.165, 1.54) is 30.5 Å². The van der Waals surface area contributed by atoms with Gasteiger partial charge in [-0.05, 0) is 67.9 Å². The van der Waals surface area contributed by atoms with Gasteiger partial charge in [0.2, 0.25) is 5.91 Å². The SMILES string of the molecule is NC(=O)c1cccc(C2C[C@H]3CC[C@H](C2)N3CCCn2cc(-c3ccc(F)cc3F)nn2)c1. The Kier molecular flexibility index (Phi) is 5.93. The fraction of sp³-hybridized carbons (Fsp3) is 0.400. The van der Waals surface area contributed by atoms with Crippen molar-refractivity contribution in [3.05, 3.63) is 71.4 Å². The van der Waals surface area contributed by atoms with Crippen LogP contribution in [0.2, 0.25) is 0 Å². The standard InChI is InChI=1S/C25H27F2N5O/c26-19-5-8-22(23(27)14-19)24-15-31(30-29-24)9-2-10-32-20-6-7-21(32)13-18(12-20)16-3-1-4-17(11-16)25(28)33/h1,3-5,8,11,14-15,18,20-21H,2,6-7,9-10,12-13H2,(H2,28,33)/t20-,21-/m1/s1. The number of nitrogens with two attached hydrogens (primary N) is 1. The van der Waals surface area contributed by atoms with Crippen LogP contribution >= 0.6 is 0 Å². The zero-order chi connectivity index (χ0) is 22.9. The van der Waals surface area contributed by atoms with Crippen LogP contribution in [0.4, 0.5) is 8.78 Å². The Bertz CT molecular complexity index is 1150. The average Bonchev–Trinajstić information content (AvgIpc) is 3.35. The minimum atomic E-state index is -0.636. The first kappa shape index (κ1) is 21.7. The van der Waals surface area contributed by atoms with E-state index in [9.17, 15) is 13.6 Å². The molecule has 0 saturated carbocycles. The number of aryl methyl sites for hydroxylation is 1. The molecule has 8 heteroatoms. The highest BCUT2D eigenvalue weighted by atomic mass is 19.1. The number of aromatic nitrogens is 3. The van der Waals surface area contributed by atoms with E-state index in [0.717, 1.165) is 31.9 Å². The fourth-order valence-electron chi connectivity index (χ4n) is 5.50. The van der Waals surface area contributed by atoms with Crippen molar-refractivity contribution in [1.29, 1.82) is 0 Å². The molecular weight excluding hydrogens is 424 g/mol. The van der Waals surface area contributed by atoms with Crippen molar-refractivity contribution in [2.75, 3.05) is 6.54 Å². The Morgan fingerprint density at radius 3 is 2.58 bits per heavy atom. The van der Waals surface area contributed by atoms with Crippen molar-refractivity contribution in [3.8, 4) is 11.3 Å². The molecular formula is C25H27F2N5O. The largest absolute Gasteiger partial charge is 0.366 e. The normalized spacial score (nSPS) is 22.5. The van der Waals surface area contributed by atoms with Gasteiger partial charge < -0.3 is 5.73 Å². The molecule has 0 aliphatic carbocycles. The first-order valence-electron chi connectivity index (χ1n) is 11.5. The molecule has 0 unspecified atom stereocenters. The number of halogens is 2. The van der Waals surface area contributed by atoms with Crippen molar-refractivity contribution in [2.24, 2.45) is 5.73 Å². The minimum absolute atomic E-state index is 0.253. The topological polar surface area (TPSA) is 77.0 Å². The number of piperidine rings is 1. The highest BCUT2D eigenvalue weighted by molar-refractivity contribution is 5.92. The molecule has 5 rings (SSSR count). The van der Waals surface area contributed by atoms with Crippen LogP contribution in [0.5, 0.6) is 0 Å². The van der Waals surface area contributed by atoms with Crippen LogP contribution in [0, 0.1) is 11.6 Å². The van der Waals surface area contributed by atoms with Gasteiger partial charge in [-0.3, -0.25) is 14.4 Å². The van der Waals surface area contributed by atoms with Crippen molar-refractivity contribution in [1.82, 2.24) is 19.9 Å². The molecule has 2 aromatic carbocycles. The number of amides is 1. The van der Waals surface area contributed by atoms with E-state index in [1.54, 1.807) is 16.9 Å². The lowest BCUT2D eigenvalue weighted by molar-refractivity contribution is 0.1000. The summed E-state index contributed by atoms with van der Waals surface area (Å²) in [5.41, 5.74) is 7.91. The summed E-state index contributed by atoms with van der Waals surface area (Å²) in [7, 11) is 0. The second-order valence-electron chi connectivity index (χ2n) is 9.13. The predicted molar refractivity (Wildman–Crippen MR) is 120 cm³/mol. The van der Waals surface area contributed by atoms with Crippen LogP contribution in [0.1, 0.15) is 53.9 Å². The Morgan fingerprint density at radius 2 is 1.85 bits per heavy atom. The lowest BCUT2D eigenvalue weighted by atomic mass is 9.84. The van der Waals surface area contributed by atoms with Crippen LogP contribution in [0.25, 0.3) is 11.3 Å². The Balaban J connectivity index is 1.17. The van der Waals surface area contributed by atoms with Gasteiger partial charge in [-0.15, -0.1) is 5.10 Å². The van der Waals surface area contributed by atoms with Gasteiger partial charge in [0.1, 0.15) is 17.3 Å².